The number of thiazole rings is 1. The molecule has 27 heavy (non-hydrogen) atoms. The Labute approximate surface area is 164 Å². The molecule has 0 saturated carbocycles. The third kappa shape index (κ3) is 4.85. The maximum absolute atomic E-state index is 12.5. The second-order valence-electron chi connectivity index (χ2n) is 5.25. The number of aromatic nitrogens is 1. The van der Waals surface area contributed by atoms with E-state index in [0.29, 0.717) is 5.56 Å². The lowest BCUT2D eigenvalue weighted by Crippen LogP contribution is -2.09. The number of hydrogen-bond acceptors (Lipinski definition) is 8. The topological polar surface area (TPSA) is 99.4 Å². The highest BCUT2D eigenvalue weighted by atomic mass is 32.2. The molecule has 0 fully saturated rings. The lowest BCUT2D eigenvalue weighted by Gasteiger charge is -2.07. The van der Waals surface area contributed by atoms with Crippen LogP contribution in [-0.2, 0) is 10.1 Å². The van der Waals surface area contributed by atoms with Crippen LogP contribution in [0, 0.1) is 10.1 Å². The van der Waals surface area contributed by atoms with Crippen LogP contribution in [0.5, 0.6) is 5.75 Å². The molecular formula is C17H14N2O5S3. The largest absolute Gasteiger partial charge is 0.379 e. The first kappa shape index (κ1) is 19.3. The van der Waals surface area contributed by atoms with Gasteiger partial charge in [-0.2, -0.15) is 8.42 Å². The van der Waals surface area contributed by atoms with Crippen LogP contribution >= 0.6 is 23.1 Å². The van der Waals surface area contributed by atoms with E-state index < -0.39 is 15.0 Å². The molecule has 1 aromatic heterocycles. The summed E-state index contributed by atoms with van der Waals surface area (Å²) in [4.78, 5) is 14.2. The highest BCUT2D eigenvalue weighted by Crippen LogP contribution is 2.31. The first-order valence-electron chi connectivity index (χ1n) is 7.77. The quantitative estimate of drug-likeness (QED) is 0.240. The number of nitro groups is 1. The van der Waals surface area contributed by atoms with E-state index >= 15 is 0 Å². The van der Waals surface area contributed by atoms with Crippen LogP contribution in [0.3, 0.4) is 0 Å². The summed E-state index contributed by atoms with van der Waals surface area (Å²) in [6.45, 7) is 2.03. The Kier molecular flexibility index (Phi) is 5.78. The predicted octanol–water partition coefficient (Wildman–Crippen LogP) is 4.42. The Bertz CT molecular complexity index is 1110. The average Bonchev–Trinajstić information content (AvgIpc) is 3.02. The zero-order valence-electron chi connectivity index (χ0n) is 14.1. The molecular weight excluding hydrogens is 408 g/mol. The maximum atomic E-state index is 12.5. The van der Waals surface area contributed by atoms with Gasteiger partial charge in [0.15, 0.2) is 4.34 Å². The minimum Gasteiger partial charge on any atom is -0.379 e. The van der Waals surface area contributed by atoms with Gasteiger partial charge < -0.3 is 4.18 Å². The van der Waals surface area contributed by atoms with E-state index in [1.165, 1.54) is 47.7 Å². The van der Waals surface area contributed by atoms with Gasteiger partial charge in [0.1, 0.15) is 10.6 Å². The average molecular weight is 423 g/mol. The third-order valence-corrected chi connectivity index (χ3v) is 6.66. The fourth-order valence-electron chi connectivity index (χ4n) is 2.18. The molecule has 0 aliphatic carbocycles. The van der Waals surface area contributed by atoms with E-state index in [0.717, 1.165) is 26.5 Å². The van der Waals surface area contributed by atoms with Crippen molar-refractivity contribution in [2.24, 2.45) is 0 Å². The summed E-state index contributed by atoms with van der Waals surface area (Å²) < 4.78 is 31.9. The van der Waals surface area contributed by atoms with Gasteiger partial charge in [0.25, 0.3) is 0 Å². The Morgan fingerprint density at radius 1 is 1.26 bits per heavy atom. The standard InChI is InChI=1S/C17H14N2O5S3/c1-2-25-17-18-15-8-7-14(11-16(15)26-17)27(22,23)24-13-5-3-12(4-6-13)9-10-19(20)21/h3-11H,2H2,1H3. The van der Waals surface area contributed by atoms with Gasteiger partial charge in [-0.3, -0.25) is 10.1 Å². The highest BCUT2D eigenvalue weighted by molar-refractivity contribution is 8.01. The van der Waals surface area contributed by atoms with Crippen LogP contribution in [0.1, 0.15) is 12.5 Å². The molecule has 0 unspecified atom stereocenters. The highest BCUT2D eigenvalue weighted by Gasteiger charge is 2.18. The van der Waals surface area contributed by atoms with E-state index in [4.69, 9.17) is 4.18 Å². The monoisotopic (exact) mass is 422 g/mol. The van der Waals surface area contributed by atoms with Crippen molar-refractivity contribution in [1.29, 1.82) is 0 Å². The molecule has 0 aliphatic heterocycles. The zero-order chi connectivity index (χ0) is 19.4. The predicted molar refractivity (Wildman–Crippen MR) is 106 cm³/mol. The van der Waals surface area contributed by atoms with Gasteiger partial charge in [0.05, 0.1) is 15.1 Å². The van der Waals surface area contributed by atoms with Crippen LogP contribution in [0.4, 0.5) is 0 Å². The molecule has 0 N–H and O–H groups in total. The fraction of sp³-hybridized carbons (Fsp3) is 0.118. The van der Waals surface area contributed by atoms with E-state index in [1.807, 2.05) is 6.92 Å². The maximum Gasteiger partial charge on any atom is 0.339 e. The van der Waals surface area contributed by atoms with Crippen LogP contribution in [0.15, 0.2) is 57.9 Å². The Balaban J connectivity index is 1.81. The fourth-order valence-corrected chi connectivity index (χ4v) is 5.22. The van der Waals surface area contributed by atoms with Crippen LogP contribution in [0.2, 0.25) is 0 Å². The Hall–Kier alpha value is -2.43. The number of nitrogens with zero attached hydrogens (tertiary/aromatic N) is 2. The van der Waals surface area contributed by atoms with E-state index in [-0.39, 0.29) is 10.6 Å². The molecule has 7 nitrogen and oxygen atoms in total. The van der Waals surface area contributed by atoms with Crippen molar-refractivity contribution in [2.45, 2.75) is 16.2 Å². The summed E-state index contributed by atoms with van der Waals surface area (Å²) in [6.07, 6.45) is 2.11. The SMILES string of the molecule is CCSc1nc2ccc(S(=O)(=O)Oc3ccc(C=C[N+](=O)[O-])cc3)cc2s1. The molecule has 3 aromatic rings. The number of thioether (sulfide) groups is 1. The number of fused-ring (bicyclic) bond motifs is 1. The summed E-state index contributed by atoms with van der Waals surface area (Å²) in [5.41, 5.74) is 1.31. The summed E-state index contributed by atoms with van der Waals surface area (Å²) in [5, 5.41) is 10.3. The van der Waals surface area contributed by atoms with Crippen molar-refractivity contribution in [3.63, 3.8) is 0 Å². The van der Waals surface area contributed by atoms with E-state index in [9.17, 15) is 18.5 Å². The smallest absolute Gasteiger partial charge is 0.339 e. The molecule has 140 valence electrons. The second-order valence-corrected chi connectivity index (χ2v) is 9.34. The minimum absolute atomic E-state index is 0.0454. The van der Waals surface area contributed by atoms with Gasteiger partial charge in [0, 0.05) is 6.08 Å². The summed E-state index contributed by atoms with van der Waals surface area (Å²) in [7, 11) is -4.00. The molecule has 1 heterocycles. The van der Waals surface area contributed by atoms with E-state index in [1.54, 1.807) is 23.9 Å². The van der Waals surface area contributed by atoms with Gasteiger partial charge in [0.2, 0.25) is 6.20 Å². The van der Waals surface area contributed by atoms with Crippen LogP contribution in [0.25, 0.3) is 16.3 Å². The summed E-state index contributed by atoms with van der Waals surface area (Å²) in [6, 6.07) is 10.6. The Morgan fingerprint density at radius 2 is 2.00 bits per heavy atom. The van der Waals surface area contributed by atoms with E-state index in [2.05, 4.69) is 4.98 Å². The van der Waals surface area contributed by atoms with Crippen molar-refractivity contribution in [3.8, 4) is 5.75 Å². The summed E-state index contributed by atoms with van der Waals surface area (Å²) >= 11 is 3.04. The molecule has 0 aliphatic rings. The van der Waals surface area contributed by atoms with Gasteiger partial charge >= 0.3 is 10.1 Å². The molecule has 0 saturated heterocycles. The van der Waals surface area contributed by atoms with Crippen molar-refractivity contribution >= 4 is 49.5 Å². The normalized spacial score (nSPS) is 11.9. The number of hydrogen-bond donors (Lipinski definition) is 0. The zero-order valence-corrected chi connectivity index (χ0v) is 16.5. The molecule has 0 amide bonds. The van der Waals surface area contributed by atoms with Gasteiger partial charge in [-0.05, 0) is 41.6 Å². The molecule has 0 spiro atoms. The molecule has 3 rings (SSSR count). The van der Waals surface area contributed by atoms with Gasteiger partial charge in [-0.1, -0.05) is 30.8 Å². The second kappa shape index (κ2) is 8.07. The van der Waals surface area contributed by atoms with Gasteiger partial charge in [-0.15, -0.1) is 11.3 Å². The van der Waals surface area contributed by atoms with Crippen molar-refractivity contribution in [2.75, 3.05) is 5.75 Å². The third-order valence-electron chi connectivity index (χ3n) is 3.37. The lowest BCUT2D eigenvalue weighted by atomic mass is 10.2. The van der Waals surface area contributed by atoms with Crippen molar-refractivity contribution < 1.29 is 17.5 Å². The first-order chi connectivity index (χ1) is 12.9. The number of rotatable bonds is 7. The van der Waals surface area contributed by atoms with Crippen molar-refractivity contribution in [1.82, 2.24) is 4.98 Å². The molecule has 2 aromatic carbocycles. The molecule has 0 bridgehead atoms. The van der Waals surface area contributed by atoms with Gasteiger partial charge in [-0.25, -0.2) is 4.98 Å². The first-order valence-corrected chi connectivity index (χ1v) is 11.0. The molecule has 0 atom stereocenters. The number of benzene rings is 2. The van der Waals surface area contributed by atoms with Crippen LogP contribution < -0.4 is 4.18 Å². The Morgan fingerprint density at radius 3 is 2.67 bits per heavy atom. The minimum atomic E-state index is -4.00. The molecule has 10 heteroatoms. The van der Waals surface area contributed by atoms with Crippen LogP contribution in [-0.4, -0.2) is 24.1 Å². The van der Waals surface area contributed by atoms with Crippen molar-refractivity contribution in [3.05, 3.63) is 64.3 Å². The lowest BCUT2D eigenvalue weighted by molar-refractivity contribution is -0.400. The molecule has 0 radical (unpaired) electrons. The summed E-state index contributed by atoms with van der Waals surface area (Å²) in [5.74, 6) is 1.01.